The van der Waals surface area contributed by atoms with Crippen LogP contribution in [0.5, 0.6) is 11.5 Å². The number of fused-ring (bicyclic) bond motifs is 3. The summed E-state index contributed by atoms with van der Waals surface area (Å²) in [5.74, 6) is 3.37. The molecule has 0 amide bonds. The van der Waals surface area contributed by atoms with Crippen molar-refractivity contribution in [1.29, 1.82) is 0 Å². The summed E-state index contributed by atoms with van der Waals surface area (Å²) >= 11 is -3.39. The van der Waals surface area contributed by atoms with Crippen molar-refractivity contribution >= 4 is 12.2 Å². The average Bonchev–Trinajstić information content (AvgIpc) is 3.49. The van der Waals surface area contributed by atoms with Crippen LogP contribution in [0, 0.1) is 11.8 Å². The molecule has 55 heavy (non-hydrogen) atoms. The van der Waals surface area contributed by atoms with Gasteiger partial charge in [0.15, 0.2) is 0 Å². The molecule has 4 unspecified atom stereocenters. The Kier molecular flexibility index (Phi) is 11.7. The largest absolute Gasteiger partial charge is 1.00 e. The number of rotatable bonds is 8. The molecule has 1 saturated heterocycles. The molecule has 1 heterocycles. The minimum absolute atomic E-state index is 0. The molecule has 0 aromatic heterocycles. The molecule has 2 nitrogen and oxygen atoms in total. The minimum atomic E-state index is -3.39. The van der Waals surface area contributed by atoms with Gasteiger partial charge in [0.25, 0.3) is 0 Å². The van der Waals surface area contributed by atoms with Crippen molar-refractivity contribution in [3.05, 3.63) is 118 Å². The summed E-state index contributed by atoms with van der Waals surface area (Å²) in [7, 11) is 3.55. The first-order valence-corrected chi connectivity index (χ1v) is 29.5. The van der Waals surface area contributed by atoms with Crippen LogP contribution in [0.1, 0.15) is 119 Å². The van der Waals surface area contributed by atoms with Gasteiger partial charge in [-0.1, -0.05) is 0 Å². The fourth-order valence-corrected chi connectivity index (χ4v) is 48.4. The predicted octanol–water partition coefficient (Wildman–Crippen LogP) is 8.10. The van der Waals surface area contributed by atoms with E-state index in [9.17, 15) is 0 Å². The third kappa shape index (κ3) is 6.55. The topological polar surface area (TPSA) is 18.5 Å². The van der Waals surface area contributed by atoms with Crippen molar-refractivity contribution in [1.82, 2.24) is 0 Å². The van der Waals surface area contributed by atoms with Gasteiger partial charge in [-0.15, -0.1) is 0 Å². The van der Waals surface area contributed by atoms with Crippen molar-refractivity contribution in [3.63, 3.8) is 0 Å². The molecule has 0 spiro atoms. The van der Waals surface area contributed by atoms with Crippen molar-refractivity contribution in [2.45, 2.75) is 105 Å². The van der Waals surface area contributed by atoms with Crippen LogP contribution < -0.4 is 34.3 Å². The Morgan fingerprint density at radius 2 is 0.836 bits per heavy atom. The number of hydrogen-bond acceptors (Lipinski definition) is 2. The number of benzene rings is 4. The molecular formula is C50H56Cl2HfO2. The van der Waals surface area contributed by atoms with Gasteiger partial charge in [0.2, 0.25) is 0 Å². The first-order valence-electron chi connectivity index (χ1n) is 21.2. The third-order valence-corrected chi connectivity index (χ3v) is 39.7. The SMILES string of the molecule is COc1ccc(-c2cccc3c2C=C(C2CCCCC2)[CH]3[Hf+2]2([CH]3C(C4CCCCC4)=Cc4c(-c5ccc(OC)cc5)cccc43)[CH]3CCCC[CH]32)cc1.[Cl-].[Cl-]. The van der Waals surface area contributed by atoms with Crippen molar-refractivity contribution < 1.29 is 54.3 Å². The summed E-state index contributed by atoms with van der Waals surface area (Å²) in [6.45, 7) is 0. The third-order valence-electron chi connectivity index (χ3n) is 15.1. The molecule has 0 N–H and O–H groups in total. The van der Waals surface area contributed by atoms with E-state index in [-0.39, 0.29) is 24.8 Å². The van der Waals surface area contributed by atoms with E-state index in [0.29, 0.717) is 7.35 Å². The molecule has 6 aliphatic rings. The fraction of sp³-hybridized carbons (Fsp3) is 0.440. The van der Waals surface area contributed by atoms with Gasteiger partial charge in [-0.2, -0.15) is 0 Å². The Balaban J connectivity index is 0.00000214. The summed E-state index contributed by atoms with van der Waals surface area (Å²) in [4.78, 5) is 0. The Bertz CT molecular complexity index is 1910. The number of methoxy groups -OCH3 is 2. The van der Waals surface area contributed by atoms with Crippen LogP contribution in [0.2, 0.25) is 7.35 Å². The Labute approximate surface area is 346 Å². The number of hydrogen-bond donors (Lipinski definition) is 0. The Morgan fingerprint density at radius 1 is 0.455 bits per heavy atom. The number of halogens is 2. The second kappa shape index (κ2) is 16.3. The Morgan fingerprint density at radius 3 is 1.22 bits per heavy atom. The van der Waals surface area contributed by atoms with Crippen molar-refractivity contribution in [2.75, 3.05) is 14.2 Å². The molecule has 4 atom stereocenters. The van der Waals surface area contributed by atoms with Crippen LogP contribution in [0.15, 0.2) is 96.1 Å². The van der Waals surface area contributed by atoms with Gasteiger partial charge >= 0.3 is 324 Å². The second-order valence-corrected chi connectivity index (χ2v) is 34.1. The van der Waals surface area contributed by atoms with Gasteiger partial charge in [0, 0.05) is 0 Å². The summed E-state index contributed by atoms with van der Waals surface area (Å²) in [6.07, 6.45) is 25.5. The molecule has 10 rings (SSSR count). The minimum Gasteiger partial charge on any atom is -1.00 e. The van der Waals surface area contributed by atoms with Crippen LogP contribution in [-0.4, -0.2) is 14.2 Å². The first-order chi connectivity index (χ1) is 26.2. The van der Waals surface area contributed by atoms with Crippen molar-refractivity contribution in [2.24, 2.45) is 11.8 Å². The molecule has 0 bridgehead atoms. The zero-order valence-corrected chi connectivity index (χ0v) is 37.8. The van der Waals surface area contributed by atoms with Crippen LogP contribution >= 0.6 is 0 Å². The number of allylic oxidation sites excluding steroid dienone is 2. The van der Waals surface area contributed by atoms with E-state index in [4.69, 9.17) is 9.47 Å². The molecule has 286 valence electrons. The maximum atomic E-state index is 5.60. The normalized spacial score (nSPS) is 25.9. The van der Waals surface area contributed by atoms with Gasteiger partial charge in [-0.3, -0.25) is 0 Å². The molecule has 5 heteroatoms. The van der Waals surface area contributed by atoms with E-state index in [1.54, 1.807) is 36.5 Å². The fourth-order valence-electron chi connectivity index (χ4n) is 12.8. The van der Waals surface area contributed by atoms with E-state index >= 15 is 0 Å². The zero-order valence-electron chi connectivity index (χ0n) is 32.7. The molecule has 4 fully saturated rings. The maximum absolute atomic E-state index is 5.60. The molecule has 3 saturated carbocycles. The van der Waals surface area contributed by atoms with Crippen LogP contribution in [0.3, 0.4) is 0 Å². The van der Waals surface area contributed by atoms with E-state index < -0.39 is 20.0 Å². The van der Waals surface area contributed by atoms with E-state index in [0.717, 1.165) is 30.7 Å². The Hall–Kier alpha value is -2.59. The summed E-state index contributed by atoms with van der Waals surface area (Å²) in [5.41, 5.74) is 15.9. The smallest absolute Gasteiger partial charge is 1.00 e. The molecule has 1 aliphatic heterocycles. The molecule has 5 aliphatic carbocycles. The van der Waals surface area contributed by atoms with E-state index in [2.05, 4.69) is 97.1 Å². The van der Waals surface area contributed by atoms with Gasteiger partial charge in [0.1, 0.15) is 0 Å². The van der Waals surface area contributed by atoms with E-state index in [1.807, 2.05) is 11.1 Å². The van der Waals surface area contributed by atoms with Crippen LogP contribution in [-0.2, 0) is 20.0 Å². The molecule has 0 radical (unpaired) electrons. The number of ether oxygens (including phenoxy) is 2. The molecule has 4 aromatic carbocycles. The monoisotopic (exact) mass is 938 g/mol. The average molecular weight is 938 g/mol. The van der Waals surface area contributed by atoms with Crippen LogP contribution in [0.4, 0.5) is 0 Å². The molecular weight excluding hydrogens is 882 g/mol. The van der Waals surface area contributed by atoms with Gasteiger partial charge in [0.05, 0.1) is 0 Å². The predicted molar refractivity (Wildman–Crippen MR) is 217 cm³/mol. The summed E-state index contributed by atoms with van der Waals surface area (Å²) in [6, 6.07) is 32.7. The first kappa shape index (κ1) is 39.2. The summed E-state index contributed by atoms with van der Waals surface area (Å²) < 4.78 is 14.6. The quantitative estimate of drug-likeness (QED) is 0.167. The van der Waals surface area contributed by atoms with E-state index in [1.165, 1.54) is 112 Å². The summed E-state index contributed by atoms with van der Waals surface area (Å²) in [5, 5.41) is 0. The standard InChI is InChI=1S/2C22H23O.C6H10.2ClH.Hf/c2*1-23-20-12-10-17(11-13-20)21-9-5-8-18-14-19(15-22(18)21)16-6-3-2-4-7-16;1-2-4-6-5-3-1;;;/h2*5,8-16H,2-4,6-7H2,1H3;1-2H,3-6H2;2*1H;/q;;;;;+2/p-2. The zero-order chi connectivity index (χ0) is 35.5. The second-order valence-electron chi connectivity index (χ2n) is 17.4. The van der Waals surface area contributed by atoms with Gasteiger partial charge in [-0.05, 0) is 0 Å². The van der Waals surface area contributed by atoms with Crippen LogP contribution in [0.25, 0.3) is 34.4 Å². The maximum Gasteiger partial charge on any atom is -1.00 e. The van der Waals surface area contributed by atoms with Gasteiger partial charge < -0.3 is 24.8 Å². The van der Waals surface area contributed by atoms with Crippen molar-refractivity contribution in [3.8, 4) is 33.8 Å². The van der Waals surface area contributed by atoms with Gasteiger partial charge in [-0.25, -0.2) is 0 Å². The molecule has 4 aromatic rings.